The minimum Gasteiger partial charge on any atom is -0.378 e. The zero-order chi connectivity index (χ0) is 26.7. The Morgan fingerprint density at radius 1 is 0.595 bits per heavy atom. The van der Waals surface area contributed by atoms with Crippen LogP contribution in [-0.4, -0.2) is 27.0 Å². The van der Waals surface area contributed by atoms with Crippen LogP contribution in [0.15, 0.2) is 30.3 Å². The highest BCUT2D eigenvalue weighted by atomic mass is 19.1. The van der Waals surface area contributed by atoms with Crippen molar-refractivity contribution < 1.29 is 13.9 Å². The molecule has 0 saturated carbocycles. The van der Waals surface area contributed by atoms with Crippen molar-refractivity contribution in [3.63, 3.8) is 0 Å². The summed E-state index contributed by atoms with van der Waals surface area (Å²) in [5.74, 6) is 0. The Hall–Kier alpha value is -0.930. The predicted octanol–water partition coefficient (Wildman–Crippen LogP) is 11.1. The number of hydrogen-bond donors (Lipinski definition) is 0. The lowest BCUT2D eigenvalue weighted by molar-refractivity contribution is -0.0876. The second-order valence-corrected chi connectivity index (χ2v) is 11.1. The maximum Gasteiger partial charge on any atom is 0.116 e. The van der Waals surface area contributed by atoms with E-state index in [-0.39, 0.29) is 12.3 Å². The molecule has 0 aromatic heterocycles. The maximum absolute atomic E-state index is 12.1. The quantitative estimate of drug-likeness (QED) is 0.102. The molecule has 0 saturated heterocycles. The SMILES string of the molecule is CCCCCCCCCCCCCCCC(COCCCCCCCCCCF)(OC)c1ccccc1. The summed E-state index contributed by atoms with van der Waals surface area (Å²) in [6.45, 7) is 3.56. The molecule has 0 radical (unpaired) electrons. The normalized spacial score (nSPS) is 13.2. The number of unbranched alkanes of at least 4 members (excludes halogenated alkanes) is 19. The van der Waals surface area contributed by atoms with Crippen molar-refractivity contribution in [2.75, 3.05) is 27.0 Å². The second kappa shape index (κ2) is 25.4. The van der Waals surface area contributed by atoms with E-state index in [9.17, 15) is 4.39 Å². The predicted molar refractivity (Wildman–Crippen MR) is 159 cm³/mol. The van der Waals surface area contributed by atoms with Gasteiger partial charge in [-0.3, -0.25) is 4.39 Å². The number of halogens is 1. The van der Waals surface area contributed by atoms with Crippen LogP contribution >= 0.6 is 0 Å². The van der Waals surface area contributed by atoms with Gasteiger partial charge in [-0.15, -0.1) is 0 Å². The van der Waals surface area contributed by atoms with Crippen molar-refractivity contribution >= 4 is 0 Å². The van der Waals surface area contributed by atoms with Crippen molar-refractivity contribution in [2.24, 2.45) is 0 Å². The molecule has 2 nitrogen and oxygen atoms in total. The molecule has 37 heavy (non-hydrogen) atoms. The maximum atomic E-state index is 12.1. The monoisotopic (exact) mass is 520 g/mol. The number of methoxy groups -OCH3 is 1. The first-order valence-corrected chi connectivity index (χ1v) is 16.0. The highest BCUT2D eigenvalue weighted by Crippen LogP contribution is 2.32. The number of ether oxygens (including phenoxy) is 2. The van der Waals surface area contributed by atoms with Crippen molar-refractivity contribution in [3.8, 4) is 0 Å². The fourth-order valence-electron chi connectivity index (χ4n) is 5.35. The van der Waals surface area contributed by atoms with E-state index in [0.717, 1.165) is 32.3 Å². The molecule has 1 unspecified atom stereocenters. The van der Waals surface area contributed by atoms with Crippen LogP contribution < -0.4 is 0 Å². The van der Waals surface area contributed by atoms with Gasteiger partial charge in [0.15, 0.2) is 0 Å². The van der Waals surface area contributed by atoms with Gasteiger partial charge >= 0.3 is 0 Å². The molecule has 1 aromatic rings. The number of hydrogen-bond acceptors (Lipinski definition) is 2. The molecule has 3 heteroatoms. The fraction of sp³-hybridized carbons (Fsp3) is 0.824. The van der Waals surface area contributed by atoms with E-state index in [1.807, 2.05) is 7.11 Å². The smallest absolute Gasteiger partial charge is 0.116 e. The first-order chi connectivity index (χ1) is 18.3. The summed E-state index contributed by atoms with van der Waals surface area (Å²) < 4.78 is 24.5. The first-order valence-electron chi connectivity index (χ1n) is 16.0. The van der Waals surface area contributed by atoms with Crippen LogP contribution in [0.5, 0.6) is 0 Å². The van der Waals surface area contributed by atoms with Gasteiger partial charge in [0.1, 0.15) is 5.60 Å². The van der Waals surface area contributed by atoms with E-state index in [1.165, 1.54) is 121 Å². The second-order valence-electron chi connectivity index (χ2n) is 11.1. The van der Waals surface area contributed by atoms with Crippen LogP contribution in [0.2, 0.25) is 0 Å². The molecule has 0 aliphatic heterocycles. The van der Waals surface area contributed by atoms with E-state index in [1.54, 1.807) is 0 Å². The van der Waals surface area contributed by atoms with Gasteiger partial charge in [0.2, 0.25) is 0 Å². The van der Waals surface area contributed by atoms with Gasteiger partial charge in [-0.1, -0.05) is 159 Å². The summed E-state index contributed by atoms with van der Waals surface area (Å²) in [5, 5.41) is 0. The lowest BCUT2D eigenvalue weighted by atomic mass is 9.88. The number of alkyl halides is 1. The highest BCUT2D eigenvalue weighted by molar-refractivity contribution is 5.23. The molecule has 0 spiro atoms. The molecule has 0 aliphatic carbocycles. The highest BCUT2D eigenvalue weighted by Gasteiger charge is 2.31. The third kappa shape index (κ3) is 18.1. The van der Waals surface area contributed by atoms with E-state index in [2.05, 4.69) is 37.3 Å². The van der Waals surface area contributed by atoms with Gasteiger partial charge in [-0.05, 0) is 24.8 Å². The van der Waals surface area contributed by atoms with E-state index >= 15 is 0 Å². The Bertz CT molecular complexity index is 578. The molecular formula is C34H61FO2. The zero-order valence-electron chi connectivity index (χ0n) is 24.8. The molecule has 1 rings (SSSR count). The Morgan fingerprint density at radius 3 is 1.54 bits per heavy atom. The Labute approximate surface area is 230 Å². The average molecular weight is 521 g/mol. The average Bonchev–Trinajstić information content (AvgIpc) is 2.93. The van der Waals surface area contributed by atoms with Gasteiger partial charge in [-0.25, -0.2) is 0 Å². The lowest BCUT2D eigenvalue weighted by Gasteiger charge is -2.33. The summed E-state index contributed by atoms with van der Waals surface area (Å²) >= 11 is 0. The molecule has 0 aliphatic rings. The molecule has 1 aromatic carbocycles. The standard InChI is InChI=1S/C34H61FO2/c1-3-4-5-6-7-8-9-10-11-12-15-18-24-29-34(36-2,33-27-22-21-23-28-33)32-37-31-26-20-17-14-13-16-19-25-30-35/h21-23,27-28H,3-20,24-26,29-32H2,1-2H3. The molecule has 0 heterocycles. The van der Waals surface area contributed by atoms with Crippen molar-refractivity contribution in [1.29, 1.82) is 0 Å². The number of benzene rings is 1. The van der Waals surface area contributed by atoms with E-state index < -0.39 is 0 Å². The Morgan fingerprint density at radius 2 is 1.05 bits per heavy atom. The molecule has 0 N–H and O–H groups in total. The minimum absolute atomic E-state index is 0.164. The van der Waals surface area contributed by atoms with Gasteiger partial charge in [0.05, 0.1) is 13.3 Å². The summed E-state index contributed by atoms with van der Waals surface area (Å²) in [6.07, 6.45) is 27.9. The minimum atomic E-state index is -0.338. The molecular weight excluding hydrogens is 459 g/mol. The van der Waals surface area contributed by atoms with Crippen LogP contribution in [0.4, 0.5) is 4.39 Å². The van der Waals surface area contributed by atoms with Crippen LogP contribution in [-0.2, 0) is 15.1 Å². The van der Waals surface area contributed by atoms with Crippen LogP contribution in [0.3, 0.4) is 0 Å². The van der Waals surface area contributed by atoms with Crippen molar-refractivity contribution in [1.82, 2.24) is 0 Å². The van der Waals surface area contributed by atoms with Crippen molar-refractivity contribution in [2.45, 2.75) is 154 Å². The van der Waals surface area contributed by atoms with Crippen LogP contribution in [0, 0.1) is 0 Å². The van der Waals surface area contributed by atoms with Gasteiger partial charge in [0.25, 0.3) is 0 Å². The lowest BCUT2D eigenvalue weighted by Crippen LogP contribution is -2.34. The van der Waals surface area contributed by atoms with Gasteiger partial charge in [0, 0.05) is 13.7 Å². The van der Waals surface area contributed by atoms with Gasteiger partial charge < -0.3 is 9.47 Å². The summed E-state index contributed by atoms with van der Waals surface area (Å²) in [6, 6.07) is 10.7. The summed E-state index contributed by atoms with van der Waals surface area (Å²) in [5.41, 5.74) is 0.903. The fourth-order valence-corrected chi connectivity index (χ4v) is 5.35. The number of rotatable bonds is 28. The molecule has 0 fully saturated rings. The van der Waals surface area contributed by atoms with Gasteiger partial charge in [-0.2, -0.15) is 0 Å². The third-order valence-corrected chi connectivity index (χ3v) is 7.88. The first kappa shape index (κ1) is 34.1. The topological polar surface area (TPSA) is 18.5 Å². The largest absolute Gasteiger partial charge is 0.378 e. The van der Waals surface area contributed by atoms with E-state index in [4.69, 9.17) is 9.47 Å². The van der Waals surface area contributed by atoms with Crippen LogP contribution in [0.1, 0.15) is 154 Å². The summed E-state index contributed by atoms with van der Waals surface area (Å²) in [7, 11) is 1.85. The molecule has 216 valence electrons. The van der Waals surface area contributed by atoms with Crippen LogP contribution in [0.25, 0.3) is 0 Å². The van der Waals surface area contributed by atoms with E-state index in [0.29, 0.717) is 6.61 Å². The Kier molecular flexibility index (Phi) is 23.4. The third-order valence-electron chi connectivity index (χ3n) is 7.88. The van der Waals surface area contributed by atoms with Crippen molar-refractivity contribution in [3.05, 3.63) is 35.9 Å². The molecule has 0 bridgehead atoms. The molecule has 0 amide bonds. The zero-order valence-corrected chi connectivity index (χ0v) is 24.8. The summed E-state index contributed by atoms with van der Waals surface area (Å²) in [4.78, 5) is 0. The Balaban J connectivity index is 2.21. The molecule has 1 atom stereocenters.